The van der Waals surface area contributed by atoms with Crippen LogP contribution >= 0.6 is 23.1 Å². The van der Waals surface area contributed by atoms with Crippen LogP contribution in [0.4, 0.5) is 16.5 Å². The first-order valence-corrected chi connectivity index (χ1v) is 11.1. The van der Waals surface area contributed by atoms with Crippen molar-refractivity contribution in [3.05, 3.63) is 59.7 Å². The highest BCUT2D eigenvalue weighted by molar-refractivity contribution is 8.02. The fraction of sp³-hybridized carbons (Fsp3) is 0.238. The summed E-state index contributed by atoms with van der Waals surface area (Å²) >= 11 is 2.74. The maximum atomic E-state index is 12.4. The Morgan fingerprint density at radius 2 is 1.83 bits per heavy atom. The van der Waals surface area contributed by atoms with E-state index in [1.54, 1.807) is 0 Å². The van der Waals surface area contributed by atoms with Crippen molar-refractivity contribution in [3.8, 4) is 0 Å². The van der Waals surface area contributed by atoms with Crippen LogP contribution in [0.15, 0.2) is 52.9 Å². The summed E-state index contributed by atoms with van der Waals surface area (Å²) in [5, 5.41) is 17.5. The molecule has 156 valence electrons. The third-order valence-corrected chi connectivity index (χ3v) is 6.10. The van der Waals surface area contributed by atoms with Gasteiger partial charge in [0.05, 0.1) is 5.25 Å². The fourth-order valence-electron chi connectivity index (χ4n) is 2.55. The van der Waals surface area contributed by atoms with E-state index in [4.69, 9.17) is 0 Å². The van der Waals surface area contributed by atoms with Crippen molar-refractivity contribution < 1.29 is 9.59 Å². The van der Waals surface area contributed by atoms with E-state index < -0.39 is 0 Å². The molecule has 3 aromatic rings. The second kappa shape index (κ2) is 10.2. The highest BCUT2D eigenvalue weighted by Gasteiger charge is 2.17. The Kier molecular flexibility index (Phi) is 7.42. The molecule has 2 aromatic carbocycles. The lowest BCUT2D eigenvalue weighted by molar-refractivity contribution is -0.120. The number of anilines is 3. The molecule has 2 amide bonds. The van der Waals surface area contributed by atoms with Crippen molar-refractivity contribution in [1.82, 2.24) is 15.5 Å². The van der Waals surface area contributed by atoms with Crippen molar-refractivity contribution in [2.45, 2.75) is 36.9 Å². The topological polar surface area (TPSA) is 96.0 Å². The van der Waals surface area contributed by atoms with Gasteiger partial charge in [-0.2, -0.15) is 0 Å². The van der Waals surface area contributed by atoms with Gasteiger partial charge in [0, 0.05) is 24.8 Å². The largest absolute Gasteiger partial charge is 0.351 e. The molecule has 0 aliphatic carbocycles. The Hall–Kier alpha value is -2.91. The molecule has 0 aliphatic heterocycles. The molecule has 0 spiro atoms. The zero-order valence-corrected chi connectivity index (χ0v) is 18.6. The molecule has 1 aromatic heterocycles. The van der Waals surface area contributed by atoms with Crippen molar-refractivity contribution in [2.24, 2.45) is 0 Å². The molecule has 1 atom stereocenters. The van der Waals surface area contributed by atoms with Gasteiger partial charge in [0.2, 0.25) is 16.9 Å². The minimum absolute atomic E-state index is 0.0479. The second-order valence-electron chi connectivity index (χ2n) is 6.72. The standard InChI is InChI=1S/C21H23N5O2S2/c1-13-7-9-16(10-8-13)12-22-19(28)14(2)29-21-26-25-20(30-21)24-18-6-4-5-17(11-18)23-15(3)27/h4-11,14H,12H2,1-3H3,(H,22,28)(H,23,27)(H,24,25). The van der Waals surface area contributed by atoms with Gasteiger partial charge in [0.15, 0.2) is 4.34 Å². The molecule has 9 heteroatoms. The van der Waals surface area contributed by atoms with E-state index in [2.05, 4.69) is 26.1 Å². The summed E-state index contributed by atoms with van der Waals surface area (Å²) in [6, 6.07) is 15.4. The number of nitrogens with one attached hydrogen (secondary N) is 3. The van der Waals surface area contributed by atoms with E-state index in [-0.39, 0.29) is 17.1 Å². The second-order valence-corrected chi connectivity index (χ2v) is 9.29. The summed E-state index contributed by atoms with van der Waals surface area (Å²) in [4.78, 5) is 23.6. The maximum Gasteiger partial charge on any atom is 0.233 e. The van der Waals surface area contributed by atoms with Gasteiger partial charge in [0.1, 0.15) is 0 Å². The number of hydrogen-bond acceptors (Lipinski definition) is 7. The first-order chi connectivity index (χ1) is 14.4. The van der Waals surface area contributed by atoms with Gasteiger partial charge in [-0.1, -0.05) is 59.0 Å². The van der Waals surface area contributed by atoms with E-state index in [0.717, 1.165) is 11.3 Å². The van der Waals surface area contributed by atoms with Crippen LogP contribution in [0.5, 0.6) is 0 Å². The van der Waals surface area contributed by atoms with Gasteiger partial charge < -0.3 is 16.0 Å². The lowest BCUT2D eigenvalue weighted by Crippen LogP contribution is -2.30. The van der Waals surface area contributed by atoms with Gasteiger partial charge >= 0.3 is 0 Å². The molecule has 3 rings (SSSR count). The molecule has 0 saturated carbocycles. The van der Waals surface area contributed by atoms with E-state index in [1.807, 2.05) is 62.4 Å². The number of benzene rings is 2. The molecule has 1 unspecified atom stereocenters. The summed E-state index contributed by atoms with van der Waals surface area (Å²) in [6.45, 7) is 5.84. The first kappa shape index (κ1) is 21.8. The predicted octanol–water partition coefficient (Wildman–Crippen LogP) is 4.35. The quantitative estimate of drug-likeness (QED) is 0.450. The molecule has 0 fully saturated rings. The summed E-state index contributed by atoms with van der Waals surface area (Å²) in [6.07, 6.45) is 0. The van der Waals surface area contributed by atoms with Crippen molar-refractivity contribution in [3.63, 3.8) is 0 Å². The summed E-state index contributed by atoms with van der Waals surface area (Å²) < 4.78 is 0.702. The Morgan fingerprint density at radius 1 is 1.10 bits per heavy atom. The van der Waals surface area contributed by atoms with Crippen LogP contribution in [0.3, 0.4) is 0 Å². The van der Waals surface area contributed by atoms with Crippen molar-refractivity contribution in [2.75, 3.05) is 10.6 Å². The minimum atomic E-state index is -0.292. The Balaban J connectivity index is 1.52. The molecule has 30 heavy (non-hydrogen) atoms. The lowest BCUT2D eigenvalue weighted by Gasteiger charge is -2.10. The smallest absolute Gasteiger partial charge is 0.233 e. The molecule has 0 saturated heterocycles. The summed E-state index contributed by atoms with van der Waals surface area (Å²) in [5.74, 6) is -0.176. The molecule has 3 N–H and O–H groups in total. The number of nitrogens with zero attached hydrogens (tertiary/aromatic N) is 2. The Labute approximate surface area is 183 Å². The molecule has 7 nitrogen and oxygen atoms in total. The fourth-order valence-corrected chi connectivity index (χ4v) is 4.49. The highest BCUT2D eigenvalue weighted by atomic mass is 32.2. The van der Waals surface area contributed by atoms with Crippen molar-refractivity contribution in [1.29, 1.82) is 0 Å². The SMILES string of the molecule is CC(=O)Nc1cccc(Nc2nnc(SC(C)C(=O)NCc3ccc(C)cc3)s2)c1. The average molecular weight is 442 g/mol. The number of rotatable bonds is 8. The monoisotopic (exact) mass is 441 g/mol. The molecule has 0 aliphatic rings. The number of hydrogen-bond donors (Lipinski definition) is 3. The van der Waals surface area contributed by atoms with Crippen LogP contribution in [0.1, 0.15) is 25.0 Å². The minimum Gasteiger partial charge on any atom is -0.351 e. The zero-order valence-electron chi connectivity index (χ0n) is 16.9. The van der Waals surface area contributed by atoms with Crippen LogP contribution in [0, 0.1) is 6.92 Å². The molecule has 0 radical (unpaired) electrons. The first-order valence-electron chi connectivity index (χ1n) is 9.37. The highest BCUT2D eigenvalue weighted by Crippen LogP contribution is 2.31. The van der Waals surface area contributed by atoms with E-state index in [0.29, 0.717) is 21.7 Å². The number of thioether (sulfide) groups is 1. The third-order valence-electron chi connectivity index (χ3n) is 4.07. The number of amides is 2. The van der Waals surface area contributed by atoms with Gasteiger partial charge in [-0.05, 0) is 37.6 Å². The molecule has 0 bridgehead atoms. The normalized spacial score (nSPS) is 11.6. The van der Waals surface area contributed by atoms with Crippen LogP contribution in [0.2, 0.25) is 0 Å². The Bertz CT molecular complexity index is 1020. The molecule has 1 heterocycles. The molecular weight excluding hydrogens is 418 g/mol. The van der Waals surface area contributed by atoms with Crippen molar-refractivity contribution >= 4 is 51.4 Å². The number of carbonyl (C=O) groups is 2. The molecular formula is C21H23N5O2S2. The zero-order chi connectivity index (χ0) is 21.5. The number of aromatic nitrogens is 2. The van der Waals surface area contributed by atoms with E-state index in [9.17, 15) is 9.59 Å². The third kappa shape index (κ3) is 6.57. The number of aryl methyl sites for hydroxylation is 1. The average Bonchev–Trinajstić information content (AvgIpc) is 3.13. The van der Waals surface area contributed by atoms with Gasteiger partial charge in [0.25, 0.3) is 0 Å². The van der Waals surface area contributed by atoms with Crippen LogP contribution < -0.4 is 16.0 Å². The van der Waals surface area contributed by atoms with E-state index >= 15 is 0 Å². The summed E-state index contributed by atoms with van der Waals surface area (Å²) in [5.41, 5.74) is 3.75. The summed E-state index contributed by atoms with van der Waals surface area (Å²) in [7, 11) is 0. The number of carbonyl (C=O) groups excluding carboxylic acids is 2. The predicted molar refractivity (Wildman–Crippen MR) is 122 cm³/mol. The van der Waals surface area contributed by atoms with Gasteiger partial charge in [-0.15, -0.1) is 10.2 Å². The van der Waals surface area contributed by atoms with E-state index in [1.165, 1.54) is 35.6 Å². The lowest BCUT2D eigenvalue weighted by atomic mass is 10.1. The van der Waals surface area contributed by atoms with Crippen LogP contribution in [-0.2, 0) is 16.1 Å². The van der Waals surface area contributed by atoms with Gasteiger partial charge in [-0.25, -0.2) is 0 Å². The van der Waals surface area contributed by atoms with Crippen LogP contribution in [-0.4, -0.2) is 27.3 Å². The van der Waals surface area contributed by atoms with Crippen LogP contribution in [0.25, 0.3) is 0 Å². The van der Waals surface area contributed by atoms with Gasteiger partial charge in [-0.3, -0.25) is 9.59 Å². The maximum absolute atomic E-state index is 12.4. The Morgan fingerprint density at radius 3 is 2.57 bits per heavy atom.